The second kappa shape index (κ2) is 23.2. The molecule has 306 valence electrons. The summed E-state index contributed by atoms with van der Waals surface area (Å²) in [7, 11) is -1.34. The first kappa shape index (κ1) is 44.6. The number of carbonyl (C=O) groups excluding carboxylic acids is 5. The van der Waals surface area contributed by atoms with Crippen LogP contribution in [-0.4, -0.2) is 89.8 Å². The van der Waals surface area contributed by atoms with Crippen LogP contribution in [0.5, 0.6) is 0 Å². The quantitative estimate of drug-likeness (QED) is 0.100. The van der Waals surface area contributed by atoms with Crippen molar-refractivity contribution in [2.45, 2.75) is 104 Å². The number of nitrogens with one attached hydrogen (secondary N) is 3. The number of nitrogens with zero attached hydrogens (tertiary/aromatic N) is 3. The van der Waals surface area contributed by atoms with Crippen LogP contribution in [0.3, 0.4) is 0 Å². The summed E-state index contributed by atoms with van der Waals surface area (Å²) in [5.74, 6) is -2.66. The summed E-state index contributed by atoms with van der Waals surface area (Å²) in [4.78, 5) is 75.5. The fraction of sp³-hybridized carbons (Fsp3) is 0.512. The van der Waals surface area contributed by atoms with E-state index in [4.69, 9.17) is 9.31 Å². The minimum absolute atomic E-state index is 0.0259. The molecule has 0 unspecified atom stereocenters. The summed E-state index contributed by atoms with van der Waals surface area (Å²) in [5.41, 5.74) is 3.17. The number of rotatable bonds is 21. The van der Waals surface area contributed by atoms with E-state index in [1.165, 1.54) is 24.2 Å². The van der Waals surface area contributed by atoms with Crippen LogP contribution in [-0.2, 0) is 41.3 Å². The van der Waals surface area contributed by atoms with E-state index >= 15 is 0 Å². The Labute approximate surface area is 337 Å². The number of hydrogen-bond donors (Lipinski definition) is 3. The summed E-state index contributed by atoms with van der Waals surface area (Å²) >= 11 is 0. The molecular formula is C43H59BN6O7. The van der Waals surface area contributed by atoms with E-state index in [9.17, 15) is 24.0 Å². The Morgan fingerprint density at radius 2 is 1.40 bits per heavy atom. The van der Waals surface area contributed by atoms with Crippen molar-refractivity contribution in [3.63, 3.8) is 0 Å². The van der Waals surface area contributed by atoms with Crippen molar-refractivity contribution >= 4 is 36.8 Å². The lowest BCUT2D eigenvalue weighted by Crippen LogP contribution is -2.58. The van der Waals surface area contributed by atoms with Gasteiger partial charge in [-0.05, 0) is 67.7 Å². The van der Waals surface area contributed by atoms with Gasteiger partial charge >= 0.3 is 19.1 Å². The maximum absolute atomic E-state index is 13.8. The lowest BCUT2D eigenvalue weighted by Gasteiger charge is -2.30. The molecule has 3 aromatic rings. The number of carbonyl (C=O) groups is 5. The molecule has 0 spiro atoms. The summed E-state index contributed by atoms with van der Waals surface area (Å²) in [6.07, 6.45) is 10.1. The Morgan fingerprint density at radius 1 is 0.754 bits per heavy atom. The molecule has 0 radical (unpaired) electrons. The molecular weight excluding hydrogens is 723 g/mol. The van der Waals surface area contributed by atoms with E-state index in [0.29, 0.717) is 25.4 Å². The van der Waals surface area contributed by atoms with Gasteiger partial charge in [-0.2, -0.15) is 0 Å². The van der Waals surface area contributed by atoms with Gasteiger partial charge in [-0.3, -0.25) is 33.9 Å². The fourth-order valence-corrected chi connectivity index (χ4v) is 6.76. The largest absolute Gasteiger partial charge is 0.622 e. The van der Waals surface area contributed by atoms with Crippen molar-refractivity contribution in [2.75, 3.05) is 26.2 Å². The number of hydrogen-bond acceptors (Lipinski definition) is 10. The highest BCUT2D eigenvalue weighted by molar-refractivity contribution is 6.51. The zero-order chi connectivity index (χ0) is 41.2. The molecule has 3 amide bonds. The molecule has 0 aliphatic carbocycles. The fourth-order valence-electron chi connectivity index (χ4n) is 6.76. The van der Waals surface area contributed by atoms with Crippen molar-refractivity contribution < 1.29 is 33.3 Å². The minimum Gasteiger partial charge on any atom is -0.497 e. The van der Waals surface area contributed by atoms with E-state index < -0.39 is 42.9 Å². The van der Waals surface area contributed by atoms with Crippen LogP contribution in [0.1, 0.15) is 106 Å². The second-order valence-corrected chi connectivity index (χ2v) is 15.7. The highest BCUT2D eigenvalue weighted by Gasteiger charge is 2.42. The van der Waals surface area contributed by atoms with Gasteiger partial charge in [0.05, 0.1) is 31.1 Å². The van der Waals surface area contributed by atoms with Crippen molar-refractivity contribution in [1.29, 1.82) is 0 Å². The highest BCUT2D eigenvalue weighted by atomic mass is 16.6. The molecule has 1 saturated heterocycles. The summed E-state index contributed by atoms with van der Waals surface area (Å²) < 4.78 is 11.4. The van der Waals surface area contributed by atoms with Crippen LogP contribution in [0, 0.1) is 11.8 Å². The third-order valence-electron chi connectivity index (χ3n) is 9.75. The normalized spacial score (nSPS) is 15.2. The summed E-state index contributed by atoms with van der Waals surface area (Å²) in [5, 5.41) is 8.72. The van der Waals surface area contributed by atoms with Gasteiger partial charge in [-0.25, -0.2) is 4.98 Å². The van der Waals surface area contributed by atoms with Crippen molar-refractivity contribution in [1.82, 2.24) is 30.8 Å². The lowest BCUT2D eigenvalue weighted by molar-refractivity contribution is -0.147. The zero-order valence-electron chi connectivity index (χ0n) is 34.1. The Morgan fingerprint density at radius 3 is 2.04 bits per heavy atom. The Bertz CT molecular complexity index is 1710. The molecule has 2 aromatic carbocycles. The topological polar surface area (TPSA) is 169 Å². The van der Waals surface area contributed by atoms with Crippen LogP contribution in [0.25, 0.3) is 0 Å². The van der Waals surface area contributed by atoms with E-state index in [-0.39, 0.29) is 42.9 Å². The molecule has 3 atom stereocenters. The second-order valence-electron chi connectivity index (χ2n) is 15.7. The molecule has 1 fully saturated rings. The predicted molar refractivity (Wildman–Crippen MR) is 219 cm³/mol. The Kier molecular flexibility index (Phi) is 18.2. The Balaban J connectivity index is 1.22. The lowest BCUT2D eigenvalue weighted by atomic mass is 9.73. The molecule has 4 rings (SSSR count). The first-order valence-electron chi connectivity index (χ1n) is 20.3. The van der Waals surface area contributed by atoms with Crippen molar-refractivity contribution in [3.05, 3.63) is 95.6 Å². The van der Waals surface area contributed by atoms with Gasteiger partial charge in [0, 0.05) is 25.4 Å². The van der Waals surface area contributed by atoms with Crippen molar-refractivity contribution in [2.24, 2.45) is 11.8 Å². The minimum atomic E-state index is -1.34. The average Bonchev–Trinajstić information content (AvgIpc) is 3.17. The molecule has 1 aromatic heterocycles. The van der Waals surface area contributed by atoms with E-state index in [1.807, 2.05) is 63.2 Å². The molecule has 0 saturated carbocycles. The molecule has 1 aliphatic heterocycles. The van der Waals surface area contributed by atoms with Crippen LogP contribution in [0.2, 0.25) is 0 Å². The molecule has 2 heterocycles. The smallest absolute Gasteiger partial charge is 0.497 e. The van der Waals surface area contributed by atoms with Gasteiger partial charge in [0.2, 0.25) is 11.8 Å². The standard InChI is InChI=1S/C43H59BN6O7/c1-30(2)24-34-16-18-35(19-17-34)32(5)41(53)47-20-12-7-6-8-13-23-50-28-39(51)56-44(57-40(52)29-50)38(25-31(3)4)49-42(54)36(26-33-14-10-9-11-15-33)48-43(55)37-27-45-21-22-46-37/h9-11,14-19,21-22,27,30-32,36,38H,6-8,12-13,20,23-26,28-29H2,1-5H3,(H,47,53)(H,48,55)(H,49,54)/t32-,36-,38-/m0/s1. The Hall–Kier alpha value is -5.11. The summed E-state index contributed by atoms with van der Waals surface area (Å²) in [6.45, 7) is 11.1. The van der Waals surface area contributed by atoms with Gasteiger partial charge in [-0.1, -0.05) is 102 Å². The number of benzene rings is 2. The first-order chi connectivity index (χ1) is 27.4. The maximum atomic E-state index is 13.8. The van der Waals surface area contributed by atoms with E-state index in [2.05, 4.69) is 51.9 Å². The summed E-state index contributed by atoms with van der Waals surface area (Å²) in [6, 6.07) is 16.5. The predicted octanol–water partition coefficient (Wildman–Crippen LogP) is 4.85. The molecule has 1 aliphatic rings. The van der Waals surface area contributed by atoms with Crippen LogP contribution in [0.4, 0.5) is 0 Å². The SMILES string of the molecule is CC(C)Cc1ccc([C@H](C)C(=O)NCCCCCCCN2CC(=O)OB([C@H](CC(C)C)NC(=O)[C@H](Cc3ccccc3)NC(=O)c3cnccn3)OC(=O)C2)cc1. The first-order valence-corrected chi connectivity index (χ1v) is 20.3. The zero-order valence-corrected chi connectivity index (χ0v) is 34.1. The number of aromatic nitrogens is 2. The average molecular weight is 783 g/mol. The molecule has 57 heavy (non-hydrogen) atoms. The number of unbranched alkanes of at least 4 members (excludes halogenated alkanes) is 4. The van der Waals surface area contributed by atoms with Crippen LogP contribution >= 0.6 is 0 Å². The third kappa shape index (κ3) is 15.7. The van der Waals surface area contributed by atoms with Crippen LogP contribution < -0.4 is 16.0 Å². The third-order valence-corrected chi connectivity index (χ3v) is 9.75. The maximum Gasteiger partial charge on any atom is 0.622 e. The van der Waals surface area contributed by atoms with Crippen molar-refractivity contribution in [3.8, 4) is 0 Å². The molecule has 13 nitrogen and oxygen atoms in total. The van der Waals surface area contributed by atoms with E-state index in [1.54, 1.807) is 4.90 Å². The molecule has 0 bridgehead atoms. The van der Waals surface area contributed by atoms with Gasteiger partial charge in [0.15, 0.2) is 0 Å². The van der Waals surface area contributed by atoms with Gasteiger partial charge in [-0.15, -0.1) is 0 Å². The van der Waals surface area contributed by atoms with Gasteiger partial charge < -0.3 is 25.3 Å². The van der Waals surface area contributed by atoms with E-state index in [0.717, 1.165) is 49.7 Å². The number of amides is 3. The molecule has 3 N–H and O–H groups in total. The van der Waals surface area contributed by atoms with Gasteiger partial charge in [0.1, 0.15) is 11.7 Å². The molecule has 14 heteroatoms. The van der Waals surface area contributed by atoms with Crippen LogP contribution in [0.15, 0.2) is 73.2 Å². The monoisotopic (exact) mass is 782 g/mol. The van der Waals surface area contributed by atoms with Gasteiger partial charge in [0.25, 0.3) is 5.91 Å². The highest BCUT2D eigenvalue weighted by Crippen LogP contribution is 2.19.